The first-order valence-corrected chi connectivity index (χ1v) is 9.70. The van der Waals surface area contributed by atoms with Crippen LogP contribution < -0.4 is 4.90 Å². The molecule has 5 nitrogen and oxygen atoms in total. The number of esters is 1. The Morgan fingerprint density at radius 1 is 0.933 bits per heavy atom. The lowest BCUT2D eigenvalue weighted by molar-refractivity contribution is -0.113. The van der Waals surface area contributed by atoms with E-state index in [1.165, 1.54) is 0 Å². The molecule has 3 aromatic carbocycles. The van der Waals surface area contributed by atoms with Gasteiger partial charge in [-0.15, -0.1) is 0 Å². The first-order chi connectivity index (χ1) is 14.7. The number of benzene rings is 3. The molecule has 1 aliphatic heterocycles. The number of amidine groups is 1. The smallest absolute Gasteiger partial charge is 0.338 e. The van der Waals surface area contributed by atoms with E-state index in [4.69, 9.17) is 4.74 Å². The van der Waals surface area contributed by atoms with Crippen LogP contribution in [-0.2, 0) is 9.53 Å². The maximum Gasteiger partial charge on any atom is 0.338 e. The van der Waals surface area contributed by atoms with E-state index in [9.17, 15) is 9.59 Å². The van der Waals surface area contributed by atoms with Crippen molar-refractivity contribution in [2.24, 2.45) is 4.99 Å². The summed E-state index contributed by atoms with van der Waals surface area (Å²) in [7, 11) is 0. The van der Waals surface area contributed by atoms with Crippen molar-refractivity contribution in [3.05, 3.63) is 107 Å². The number of rotatable bonds is 5. The van der Waals surface area contributed by atoms with Gasteiger partial charge >= 0.3 is 5.97 Å². The quantitative estimate of drug-likeness (QED) is 0.464. The summed E-state index contributed by atoms with van der Waals surface area (Å²) in [6, 6.07) is 25.9. The zero-order valence-electron chi connectivity index (χ0n) is 16.5. The minimum atomic E-state index is -0.390. The molecule has 0 aliphatic carbocycles. The van der Waals surface area contributed by atoms with Gasteiger partial charge in [-0.05, 0) is 42.8 Å². The number of carbonyl (C=O) groups is 2. The highest BCUT2D eigenvalue weighted by molar-refractivity contribution is 6.33. The van der Waals surface area contributed by atoms with Crippen molar-refractivity contribution in [3.8, 4) is 0 Å². The molecule has 0 spiro atoms. The Morgan fingerprint density at radius 3 is 2.20 bits per heavy atom. The monoisotopic (exact) mass is 396 g/mol. The van der Waals surface area contributed by atoms with Crippen molar-refractivity contribution in [1.82, 2.24) is 0 Å². The van der Waals surface area contributed by atoms with E-state index in [0.29, 0.717) is 29.4 Å². The average Bonchev–Trinajstić information content (AvgIpc) is 3.11. The third-order valence-electron chi connectivity index (χ3n) is 4.63. The summed E-state index contributed by atoms with van der Waals surface area (Å²) >= 11 is 0. The summed E-state index contributed by atoms with van der Waals surface area (Å²) in [5.74, 6) is -0.0633. The molecule has 0 saturated carbocycles. The molecule has 3 aromatic rings. The lowest BCUT2D eigenvalue weighted by Gasteiger charge is -2.18. The third kappa shape index (κ3) is 3.91. The van der Waals surface area contributed by atoms with Gasteiger partial charge in [-0.25, -0.2) is 9.79 Å². The minimum absolute atomic E-state index is 0.221. The summed E-state index contributed by atoms with van der Waals surface area (Å²) in [5, 5.41) is 0. The molecular formula is C25H20N2O3. The van der Waals surface area contributed by atoms with E-state index < -0.39 is 5.97 Å². The summed E-state index contributed by atoms with van der Waals surface area (Å²) in [6.45, 7) is 2.07. The van der Waals surface area contributed by atoms with Crippen molar-refractivity contribution in [2.45, 2.75) is 6.92 Å². The molecule has 30 heavy (non-hydrogen) atoms. The molecule has 0 saturated heterocycles. The largest absolute Gasteiger partial charge is 0.462 e. The number of aliphatic imine (C=N–C) groups is 1. The lowest BCUT2D eigenvalue weighted by Crippen LogP contribution is -2.32. The standard InChI is InChI=1S/C25H20N2O3/c1-2-30-25(29)20-13-15-21(16-14-20)27-23(19-11-7-4-8-12-19)26-22(24(27)28)17-18-9-5-3-6-10-18/h3-17H,2H2,1H3/b22-17-. The van der Waals surface area contributed by atoms with Crippen LogP contribution in [0.1, 0.15) is 28.4 Å². The first kappa shape index (κ1) is 19.3. The zero-order chi connectivity index (χ0) is 20.9. The topological polar surface area (TPSA) is 59.0 Å². The molecule has 4 rings (SSSR count). The van der Waals surface area contributed by atoms with Crippen molar-refractivity contribution < 1.29 is 14.3 Å². The average molecular weight is 396 g/mol. The van der Waals surface area contributed by atoms with Gasteiger partial charge in [-0.3, -0.25) is 9.69 Å². The highest BCUT2D eigenvalue weighted by Crippen LogP contribution is 2.28. The maximum absolute atomic E-state index is 13.3. The summed E-state index contributed by atoms with van der Waals surface area (Å²) in [4.78, 5) is 31.4. The van der Waals surface area contributed by atoms with E-state index in [0.717, 1.165) is 11.1 Å². The van der Waals surface area contributed by atoms with Crippen LogP contribution >= 0.6 is 0 Å². The first-order valence-electron chi connectivity index (χ1n) is 9.70. The van der Waals surface area contributed by atoms with Gasteiger partial charge in [0.1, 0.15) is 11.5 Å². The SMILES string of the molecule is CCOC(=O)c1ccc(N2C(=O)/C(=C/c3ccccc3)N=C2c2ccccc2)cc1. The molecular weight excluding hydrogens is 376 g/mol. The second-order valence-electron chi connectivity index (χ2n) is 6.65. The highest BCUT2D eigenvalue weighted by Gasteiger charge is 2.32. The second kappa shape index (κ2) is 8.57. The molecule has 0 fully saturated rings. The van der Waals surface area contributed by atoms with E-state index >= 15 is 0 Å². The third-order valence-corrected chi connectivity index (χ3v) is 4.63. The van der Waals surface area contributed by atoms with Gasteiger partial charge in [0.15, 0.2) is 0 Å². The Kier molecular flexibility index (Phi) is 5.52. The normalized spacial score (nSPS) is 14.7. The van der Waals surface area contributed by atoms with Gasteiger partial charge < -0.3 is 4.74 Å². The number of amides is 1. The number of ether oxygens (including phenoxy) is 1. The van der Waals surface area contributed by atoms with Crippen molar-refractivity contribution in [2.75, 3.05) is 11.5 Å². The van der Waals surface area contributed by atoms with Crippen LogP contribution in [0, 0.1) is 0 Å². The fourth-order valence-electron chi connectivity index (χ4n) is 3.21. The van der Waals surface area contributed by atoms with Gasteiger partial charge in [0.25, 0.3) is 5.91 Å². The maximum atomic E-state index is 13.3. The Hall–Kier alpha value is -3.99. The van der Waals surface area contributed by atoms with Crippen LogP contribution in [0.3, 0.4) is 0 Å². The predicted octanol–water partition coefficient (Wildman–Crippen LogP) is 4.70. The second-order valence-corrected chi connectivity index (χ2v) is 6.65. The van der Waals surface area contributed by atoms with Gasteiger partial charge in [-0.1, -0.05) is 60.7 Å². The van der Waals surface area contributed by atoms with E-state index in [1.54, 1.807) is 42.2 Å². The molecule has 0 radical (unpaired) electrons. The molecule has 5 heteroatoms. The number of hydrogen-bond donors (Lipinski definition) is 0. The van der Waals surface area contributed by atoms with Crippen LogP contribution in [0.15, 0.2) is 95.6 Å². The van der Waals surface area contributed by atoms with Crippen LogP contribution in [0.2, 0.25) is 0 Å². The molecule has 0 N–H and O–H groups in total. The predicted molar refractivity (Wildman–Crippen MR) is 117 cm³/mol. The Balaban J connectivity index is 1.74. The minimum Gasteiger partial charge on any atom is -0.462 e. The highest BCUT2D eigenvalue weighted by atomic mass is 16.5. The molecule has 0 bridgehead atoms. The van der Waals surface area contributed by atoms with Crippen LogP contribution in [-0.4, -0.2) is 24.3 Å². The zero-order valence-corrected chi connectivity index (χ0v) is 16.5. The Morgan fingerprint density at radius 2 is 1.57 bits per heavy atom. The van der Waals surface area contributed by atoms with Crippen molar-refractivity contribution in [1.29, 1.82) is 0 Å². The molecule has 0 aromatic heterocycles. The van der Waals surface area contributed by atoms with Crippen molar-refractivity contribution >= 4 is 29.5 Å². The molecule has 1 heterocycles. The number of anilines is 1. The summed E-state index contributed by atoms with van der Waals surface area (Å²) < 4.78 is 5.04. The van der Waals surface area contributed by atoms with E-state index in [-0.39, 0.29) is 5.91 Å². The van der Waals surface area contributed by atoms with Gasteiger partial charge in [0.2, 0.25) is 0 Å². The summed E-state index contributed by atoms with van der Waals surface area (Å²) in [5.41, 5.74) is 3.15. The van der Waals surface area contributed by atoms with Crippen LogP contribution in [0.4, 0.5) is 5.69 Å². The molecule has 0 atom stereocenters. The van der Waals surface area contributed by atoms with E-state index in [2.05, 4.69) is 4.99 Å². The van der Waals surface area contributed by atoms with Gasteiger partial charge in [-0.2, -0.15) is 0 Å². The Labute approximate surface area is 174 Å². The lowest BCUT2D eigenvalue weighted by atomic mass is 10.1. The van der Waals surface area contributed by atoms with E-state index in [1.807, 2.05) is 60.7 Å². The number of carbonyl (C=O) groups excluding carboxylic acids is 2. The van der Waals surface area contributed by atoms with Gasteiger partial charge in [0.05, 0.1) is 17.9 Å². The fraction of sp³-hybridized carbons (Fsp3) is 0.0800. The van der Waals surface area contributed by atoms with Crippen LogP contribution in [0.25, 0.3) is 6.08 Å². The summed E-state index contributed by atoms with van der Waals surface area (Å²) in [6.07, 6.45) is 1.78. The number of nitrogens with zero attached hydrogens (tertiary/aromatic N) is 2. The number of hydrogen-bond acceptors (Lipinski definition) is 4. The molecule has 1 aliphatic rings. The Bertz CT molecular complexity index is 1120. The fourth-order valence-corrected chi connectivity index (χ4v) is 3.21. The molecule has 1 amide bonds. The van der Waals surface area contributed by atoms with Gasteiger partial charge in [0, 0.05) is 5.56 Å². The molecule has 148 valence electrons. The van der Waals surface area contributed by atoms with Crippen molar-refractivity contribution in [3.63, 3.8) is 0 Å². The molecule has 0 unspecified atom stereocenters. The van der Waals surface area contributed by atoms with Crippen LogP contribution in [0.5, 0.6) is 0 Å².